The maximum atomic E-state index is 3.80. The van der Waals surface area contributed by atoms with E-state index >= 15 is 0 Å². The number of nitrogens with zero attached hydrogens (tertiary/aromatic N) is 1. The number of nitrogens with one attached hydrogen (secondary N) is 1. The molecule has 2 aliphatic rings. The summed E-state index contributed by atoms with van der Waals surface area (Å²) >= 11 is 0. The van der Waals surface area contributed by atoms with Crippen LogP contribution in [0.15, 0.2) is 0 Å². The molecule has 1 heterocycles. The van der Waals surface area contributed by atoms with Gasteiger partial charge in [0, 0.05) is 18.6 Å². The Labute approximate surface area is 101 Å². The van der Waals surface area contributed by atoms with Crippen LogP contribution in [0.5, 0.6) is 0 Å². The molecule has 1 N–H and O–H groups in total. The fraction of sp³-hybridized carbons (Fsp3) is 1.00. The molecule has 2 nitrogen and oxygen atoms in total. The molecular weight excluding hydrogens is 196 g/mol. The molecule has 0 aromatic rings. The van der Waals surface area contributed by atoms with Crippen LogP contribution in [-0.4, -0.2) is 37.1 Å². The number of hydrogen-bond donors (Lipinski definition) is 1. The van der Waals surface area contributed by atoms with E-state index in [0.29, 0.717) is 0 Å². The van der Waals surface area contributed by atoms with E-state index in [-0.39, 0.29) is 0 Å². The highest BCUT2D eigenvalue weighted by atomic mass is 15.2. The lowest BCUT2D eigenvalue weighted by atomic mass is 9.80. The minimum Gasteiger partial charge on any atom is -0.312 e. The molecule has 1 aliphatic heterocycles. The highest BCUT2D eigenvalue weighted by Gasteiger charge is 2.27. The van der Waals surface area contributed by atoms with Gasteiger partial charge in [-0.2, -0.15) is 0 Å². The molecule has 1 aliphatic carbocycles. The Morgan fingerprint density at radius 1 is 1.19 bits per heavy atom. The zero-order valence-corrected chi connectivity index (χ0v) is 11.2. The SMILES string of the molecule is CC1CCCCC1CNC1CC(C)N(C)C1. The third-order valence-corrected chi connectivity index (χ3v) is 4.84. The lowest BCUT2D eigenvalue weighted by molar-refractivity contribution is 0.240. The van der Waals surface area contributed by atoms with Crippen LogP contribution in [0.25, 0.3) is 0 Å². The van der Waals surface area contributed by atoms with E-state index in [0.717, 1.165) is 23.9 Å². The molecule has 2 rings (SSSR count). The van der Waals surface area contributed by atoms with E-state index in [2.05, 4.69) is 31.1 Å². The largest absolute Gasteiger partial charge is 0.312 e. The summed E-state index contributed by atoms with van der Waals surface area (Å²) < 4.78 is 0. The third kappa shape index (κ3) is 2.98. The van der Waals surface area contributed by atoms with Crippen molar-refractivity contribution < 1.29 is 0 Å². The molecule has 0 bridgehead atoms. The lowest BCUT2D eigenvalue weighted by Crippen LogP contribution is -2.37. The smallest absolute Gasteiger partial charge is 0.0209 e. The fourth-order valence-corrected chi connectivity index (χ4v) is 3.36. The van der Waals surface area contributed by atoms with Crippen LogP contribution in [-0.2, 0) is 0 Å². The zero-order valence-electron chi connectivity index (χ0n) is 11.2. The Hall–Kier alpha value is -0.0800. The average molecular weight is 224 g/mol. The number of hydrogen-bond acceptors (Lipinski definition) is 2. The normalized spacial score (nSPS) is 41.4. The van der Waals surface area contributed by atoms with Gasteiger partial charge in [-0.05, 0) is 45.2 Å². The van der Waals surface area contributed by atoms with Crippen molar-refractivity contribution in [1.82, 2.24) is 10.2 Å². The van der Waals surface area contributed by atoms with Gasteiger partial charge in [0.15, 0.2) is 0 Å². The van der Waals surface area contributed by atoms with Crippen molar-refractivity contribution in [3.8, 4) is 0 Å². The molecule has 16 heavy (non-hydrogen) atoms. The van der Waals surface area contributed by atoms with Crippen LogP contribution < -0.4 is 5.32 Å². The Morgan fingerprint density at radius 2 is 1.94 bits per heavy atom. The second-order valence-electron chi connectivity index (χ2n) is 6.15. The van der Waals surface area contributed by atoms with Gasteiger partial charge >= 0.3 is 0 Å². The summed E-state index contributed by atoms with van der Waals surface area (Å²) in [6.45, 7) is 7.27. The first-order valence-corrected chi connectivity index (χ1v) is 7.10. The fourth-order valence-electron chi connectivity index (χ4n) is 3.36. The lowest BCUT2D eigenvalue weighted by Gasteiger charge is -2.30. The van der Waals surface area contributed by atoms with E-state index in [4.69, 9.17) is 0 Å². The zero-order chi connectivity index (χ0) is 11.5. The molecule has 0 radical (unpaired) electrons. The van der Waals surface area contributed by atoms with Crippen molar-refractivity contribution in [3.05, 3.63) is 0 Å². The molecule has 0 aromatic carbocycles. The molecule has 2 fully saturated rings. The maximum absolute atomic E-state index is 3.80. The summed E-state index contributed by atoms with van der Waals surface area (Å²) in [5.41, 5.74) is 0. The first-order valence-electron chi connectivity index (χ1n) is 7.10. The Morgan fingerprint density at radius 3 is 2.56 bits per heavy atom. The van der Waals surface area contributed by atoms with Crippen molar-refractivity contribution >= 4 is 0 Å². The maximum Gasteiger partial charge on any atom is 0.0209 e. The number of likely N-dealkylation sites (tertiary alicyclic amines) is 1. The second-order valence-corrected chi connectivity index (χ2v) is 6.15. The molecule has 94 valence electrons. The second kappa shape index (κ2) is 5.50. The van der Waals surface area contributed by atoms with Gasteiger partial charge in [0.25, 0.3) is 0 Å². The summed E-state index contributed by atoms with van der Waals surface area (Å²) in [6, 6.07) is 1.51. The highest BCUT2D eigenvalue weighted by Crippen LogP contribution is 2.29. The van der Waals surface area contributed by atoms with Crippen LogP contribution >= 0.6 is 0 Å². The average Bonchev–Trinajstić information content (AvgIpc) is 2.57. The Balaban J connectivity index is 1.71. The predicted octanol–water partition coefficient (Wildman–Crippen LogP) is 2.49. The van der Waals surface area contributed by atoms with Crippen LogP contribution in [0.2, 0.25) is 0 Å². The van der Waals surface area contributed by atoms with Crippen LogP contribution in [0.4, 0.5) is 0 Å². The molecular formula is C14H28N2. The topological polar surface area (TPSA) is 15.3 Å². The summed E-state index contributed by atoms with van der Waals surface area (Å²) in [5, 5.41) is 3.80. The standard InChI is InChI=1S/C14H28N2/c1-11-6-4-5-7-13(11)9-15-14-8-12(2)16(3)10-14/h11-15H,4-10H2,1-3H3. The van der Waals surface area contributed by atoms with Gasteiger partial charge in [0.05, 0.1) is 0 Å². The first-order chi connectivity index (χ1) is 7.66. The van der Waals surface area contributed by atoms with Crippen molar-refractivity contribution in [2.24, 2.45) is 11.8 Å². The minimum absolute atomic E-state index is 0.745. The van der Waals surface area contributed by atoms with Gasteiger partial charge in [-0.25, -0.2) is 0 Å². The summed E-state index contributed by atoms with van der Waals surface area (Å²) in [7, 11) is 2.25. The van der Waals surface area contributed by atoms with Gasteiger partial charge < -0.3 is 10.2 Å². The molecule has 0 aromatic heterocycles. The van der Waals surface area contributed by atoms with E-state index in [1.165, 1.54) is 45.2 Å². The van der Waals surface area contributed by atoms with Gasteiger partial charge in [-0.1, -0.05) is 26.2 Å². The van der Waals surface area contributed by atoms with E-state index < -0.39 is 0 Å². The molecule has 0 spiro atoms. The van der Waals surface area contributed by atoms with E-state index in [1.807, 2.05) is 0 Å². The molecule has 4 unspecified atom stereocenters. The molecule has 4 atom stereocenters. The predicted molar refractivity (Wildman–Crippen MR) is 69.6 cm³/mol. The molecule has 1 saturated heterocycles. The summed E-state index contributed by atoms with van der Waals surface area (Å²) in [5.74, 6) is 1.88. The first kappa shape index (κ1) is 12.4. The molecule has 0 amide bonds. The number of likely N-dealkylation sites (N-methyl/N-ethyl adjacent to an activating group) is 1. The van der Waals surface area contributed by atoms with Crippen molar-refractivity contribution in [2.75, 3.05) is 20.1 Å². The van der Waals surface area contributed by atoms with Crippen LogP contribution in [0.3, 0.4) is 0 Å². The van der Waals surface area contributed by atoms with E-state index in [1.54, 1.807) is 0 Å². The Bertz CT molecular complexity index is 207. The monoisotopic (exact) mass is 224 g/mol. The van der Waals surface area contributed by atoms with Gasteiger partial charge in [-0.15, -0.1) is 0 Å². The van der Waals surface area contributed by atoms with Gasteiger partial charge in [0.2, 0.25) is 0 Å². The van der Waals surface area contributed by atoms with Crippen molar-refractivity contribution in [2.45, 2.75) is 58.0 Å². The van der Waals surface area contributed by atoms with E-state index in [9.17, 15) is 0 Å². The highest BCUT2D eigenvalue weighted by molar-refractivity contribution is 4.86. The quantitative estimate of drug-likeness (QED) is 0.792. The van der Waals surface area contributed by atoms with Crippen molar-refractivity contribution in [3.63, 3.8) is 0 Å². The number of rotatable bonds is 3. The van der Waals surface area contributed by atoms with Crippen LogP contribution in [0, 0.1) is 11.8 Å². The minimum atomic E-state index is 0.745. The molecule has 1 saturated carbocycles. The van der Waals surface area contributed by atoms with Crippen molar-refractivity contribution in [1.29, 1.82) is 0 Å². The summed E-state index contributed by atoms with van der Waals surface area (Å²) in [6.07, 6.45) is 7.15. The molecule has 2 heteroatoms. The Kier molecular flexibility index (Phi) is 4.26. The van der Waals surface area contributed by atoms with Gasteiger partial charge in [0.1, 0.15) is 0 Å². The van der Waals surface area contributed by atoms with Gasteiger partial charge in [-0.3, -0.25) is 0 Å². The van der Waals surface area contributed by atoms with Crippen LogP contribution in [0.1, 0.15) is 46.0 Å². The summed E-state index contributed by atoms with van der Waals surface area (Å²) in [4.78, 5) is 2.47. The third-order valence-electron chi connectivity index (χ3n) is 4.84.